The average Bonchev–Trinajstić information content (AvgIpc) is 3.18. The molecular formula is C23H23ClN4O2S. The van der Waals surface area contributed by atoms with Gasteiger partial charge in [-0.3, -0.25) is 9.67 Å². The van der Waals surface area contributed by atoms with Gasteiger partial charge in [0.05, 0.1) is 17.3 Å². The number of thioether (sulfide) groups is 1. The predicted octanol–water partition coefficient (Wildman–Crippen LogP) is 5.31. The Morgan fingerprint density at radius 2 is 2.06 bits per heavy atom. The van der Waals surface area contributed by atoms with Crippen LogP contribution in [-0.4, -0.2) is 39.2 Å². The Bertz CT molecular complexity index is 1210. The standard InChI is InChI=1S/C23H23ClN4O2S/c1-15-11-17(20-7-8-26-28(20)2)16-5-4-6-21(23(16)27-15)30-14-18-19(24)12-25-13-22(18)31-10-9-29-3/h4-8,11-13H,9-10,14H2,1-3H3. The van der Waals surface area contributed by atoms with E-state index in [0.717, 1.165) is 44.1 Å². The molecule has 4 rings (SSSR count). The third-order valence-electron chi connectivity index (χ3n) is 4.91. The maximum Gasteiger partial charge on any atom is 0.146 e. The van der Waals surface area contributed by atoms with E-state index < -0.39 is 0 Å². The summed E-state index contributed by atoms with van der Waals surface area (Å²) in [5.74, 6) is 1.53. The number of halogens is 1. The van der Waals surface area contributed by atoms with Crippen molar-refractivity contribution >= 4 is 34.3 Å². The van der Waals surface area contributed by atoms with Crippen LogP contribution in [0.1, 0.15) is 11.3 Å². The molecular weight excluding hydrogens is 432 g/mol. The molecule has 8 heteroatoms. The molecule has 0 saturated heterocycles. The van der Waals surface area contributed by atoms with Crippen molar-refractivity contribution in [2.24, 2.45) is 7.05 Å². The number of ether oxygens (including phenoxy) is 2. The summed E-state index contributed by atoms with van der Waals surface area (Å²) in [4.78, 5) is 9.98. The lowest BCUT2D eigenvalue weighted by atomic mass is 10.0. The molecule has 0 radical (unpaired) electrons. The lowest BCUT2D eigenvalue weighted by Gasteiger charge is -2.15. The number of aromatic nitrogens is 4. The summed E-state index contributed by atoms with van der Waals surface area (Å²) in [5.41, 5.74) is 4.75. The fourth-order valence-electron chi connectivity index (χ4n) is 3.41. The highest BCUT2D eigenvalue weighted by molar-refractivity contribution is 7.99. The van der Waals surface area contributed by atoms with Crippen LogP contribution in [0.25, 0.3) is 22.2 Å². The maximum atomic E-state index is 6.45. The van der Waals surface area contributed by atoms with Gasteiger partial charge in [0.1, 0.15) is 17.9 Å². The minimum Gasteiger partial charge on any atom is -0.487 e. The van der Waals surface area contributed by atoms with Crippen LogP contribution in [0, 0.1) is 6.92 Å². The van der Waals surface area contributed by atoms with Crippen molar-refractivity contribution in [3.05, 3.63) is 65.2 Å². The number of hydrogen-bond acceptors (Lipinski definition) is 6. The quantitative estimate of drug-likeness (QED) is 0.265. The second kappa shape index (κ2) is 9.68. The lowest BCUT2D eigenvalue weighted by molar-refractivity contribution is 0.218. The van der Waals surface area contributed by atoms with E-state index in [0.29, 0.717) is 24.0 Å². The summed E-state index contributed by atoms with van der Waals surface area (Å²) in [6, 6.07) is 10.1. The van der Waals surface area contributed by atoms with Gasteiger partial charge in [0.15, 0.2) is 0 Å². The number of fused-ring (bicyclic) bond motifs is 1. The Kier molecular flexibility index (Phi) is 6.75. The number of pyridine rings is 2. The first kappa shape index (κ1) is 21.6. The molecule has 3 heterocycles. The third kappa shape index (κ3) is 4.69. The molecule has 0 aliphatic rings. The minimum atomic E-state index is 0.326. The van der Waals surface area contributed by atoms with Crippen molar-refractivity contribution in [3.63, 3.8) is 0 Å². The van der Waals surface area contributed by atoms with E-state index in [1.165, 1.54) is 0 Å². The van der Waals surface area contributed by atoms with Crippen LogP contribution >= 0.6 is 23.4 Å². The number of para-hydroxylation sites is 1. The summed E-state index contributed by atoms with van der Waals surface area (Å²) in [6.45, 7) is 2.97. The molecule has 1 aromatic carbocycles. The number of aryl methyl sites for hydroxylation is 2. The zero-order valence-electron chi connectivity index (χ0n) is 17.6. The minimum absolute atomic E-state index is 0.326. The smallest absolute Gasteiger partial charge is 0.146 e. The van der Waals surface area contributed by atoms with Crippen molar-refractivity contribution < 1.29 is 9.47 Å². The predicted molar refractivity (Wildman–Crippen MR) is 125 cm³/mol. The second-order valence-corrected chi connectivity index (χ2v) is 8.58. The first-order valence-corrected chi connectivity index (χ1v) is 11.2. The van der Waals surface area contributed by atoms with Crippen molar-refractivity contribution in [3.8, 4) is 17.0 Å². The summed E-state index contributed by atoms with van der Waals surface area (Å²) < 4.78 is 13.3. The van der Waals surface area contributed by atoms with Gasteiger partial charge in [0.25, 0.3) is 0 Å². The van der Waals surface area contributed by atoms with E-state index in [9.17, 15) is 0 Å². The highest BCUT2D eigenvalue weighted by atomic mass is 35.5. The summed E-state index contributed by atoms with van der Waals surface area (Å²) in [7, 11) is 3.63. The molecule has 0 aliphatic carbocycles. The molecule has 6 nitrogen and oxygen atoms in total. The molecule has 0 atom stereocenters. The zero-order chi connectivity index (χ0) is 21.8. The summed E-state index contributed by atoms with van der Waals surface area (Å²) in [6.07, 6.45) is 5.26. The highest BCUT2D eigenvalue weighted by Gasteiger charge is 2.15. The van der Waals surface area contributed by atoms with Crippen LogP contribution in [0.2, 0.25) is 5.02 Å². The molecule has 0 saturated carbocycles. The fourth-order valence-corrected chi connectivity index (χ4v) is 4.63. The topological polar surface area (TPSA) is 62.1 Å². The van der Waals surface area contributed by atoms with Gasteiger partial charge in [-0.2, -0.15) is 5.10 Å². The van der Waals surface area contributed by atoms with Crippen molar-refractivity contribution in [2.75, 3.05) is 19.5 Å². The molecule has 0 aliphatic heterocycles. The van der Waals surface area contributed by atoms with Gasteiger partial charge in [0.2, 0.25) is 0 Å². The Morgan fingerprint density at radius 3 is 2.84 bits per heavy atom. The molecule has 160 valence electrons. The number of rotatable bonds is 8. The van der Waals surface area contributed by atoms with Crippen LogP contribution in [0.5, 0.6) is 5.75 Å². The van der Waals surface area contributed by atoms with Crippen LogP contribution in [0.15, 0.2) is 53.8 Å². The lowest BCUT2D eigenvalue weighted by Crippen LogP contribution is -2.02. The fraction of sp³-hybridized carbons (Fsp3) is 0.261. The van der Waals surface area contributed by atoms with Gasteiger partial charge in [-0.25, -0.2) is 4.98 Å². The van der Waals surface area contributed by atoms with Crippen molar-refractivity contribution in [1.29, 1.82) is 0 Å². The SMILES string of the molecule is COCCSc1cncc(Cl)c1COc1cccc2c(-c3ccnn3C)cc(C)nc12. The van der Waals surface area contributed by atoms with Gasteiger partial charge in [-0.05, 0) is 25.1 Å². The van der Waals surface area contributed by atoms with Crippen molar-refractivity contribution in [2.45, 2.75) is 18.4 Å². The Morgan fingerprint density at radius 1 is 1.19 bits per heavy atom. The molecule has 0 bridgehead atoms. The molecule has 0 N–H and O–H groups in total. The Labute approximate surface area is 190 Å². The van der Waals surface area contributed by atoms with Crippen LogP contribution in [0.3, 0.4) is 0 Å². The molecule has 31 heavy (non-hydrogen) atoms. The molecule has 0 fully saturated rings. The van der Waals surface area contributed by atoms with Crippen LogP contribution in [-0.2, 0) is 18.4 Å². The van der Waals surface area contributed by atoms with Gasteiger partial charge in [0, 0.05) is 65.6 Å². The maximum absolute atomic E-state index is 6.45. The molecule has 0 unspecified atom stereocenters. The summed E-state index contributed by atoms with van der Waals surface area (Å²) >= 11 is 8.10. The van der Waals surface area contributed by atoms with Crippen LogP contribution in [0.4, 0.5) is 0 Å². The molecule has 0 amide bonds. The Balaban J connectivity index is 1.68. The van der Waals surface area contributed by atoms with Crippen LogP contribution < -0.4 is 4.74 Å². The van der Waals surface area contributed by atoms with E-state index in [-0.39, 0.29) is 0 Å². The van der Waals surface area contributed by atoms with E-state index in [1.54, 1.807) is 31.3 Å². The van der Waals surface area contributed by atoms with E-state index in [2.05, 4.69) is 22.2 Å². The van der Waals surface area contributed by atoms with E-state index >= 15 is 0 Å². The van der Waals surface area contributed by atoms with Gasteiger partial charge < -0.3 is 9.47 Å². The largest absolute Gasteiger partial charge is 0.487 e. The number of methoxy groups -OCH3 is 1. The third-order valence-corrected chi connectivity index (χ3v) is 6.27. The first-order chi connectivity index (χ1) is 15.1. The van der Waals surface area contributed by atoms with Gasteiger partial charge in [-0.15, -0.1) is 11.8 Å². The summed E-state index contributed by atoms with van der Waals surface area (Å²) in [5, 5.41) is 5.91. The molecule has 0 spiro atoms. The highest BCUT2D eigenvalue weighted by Crippen LogP contribution is 2.34. The van der Waals surface area contributed by atoms with E-state index in [1.807, 2.05) is 43.0 Å². The number of hydrogen-bond donors (Lipinski definition) is 0. The van der Waals surface area contributed by atoms with E-state index in [4.69, 9.17) is 26.1 Å². The number of nitrogens with zero attached hydrogens (tertiary/aromatic N) is 4. The molecule has 3 aromatic heterocycles. The molecule has 4 aromatic rings. The second-order valence-electron chi connectivity index (χ2n) is 7.03. The van der Waals surface area contributed by atoms with Gasteiger partial charge in [-0.1, -0.05) is 23.7 Å². The Hall–Kier alpha value is -2.61. The van der Waals surface area contributed by atoms with Gasteiger partial charge >= 0.3 is 0 Å². The monoisotopic (exact) mass is 454 g/mol. The normalized spacial score (nSPS) is 11.2. The average molecular weight is 455 g/mol. The van der Waals surface area contributed by atoms with Crippen molar-refractivity contribution in [1.82, 2.24) is 19.7 Å². The zero-order valence-corrected chi connectivity index (χ0v) is 19.2. The first-order valence-electron chi connectivity index (χ1n) is 9.84. The number of benzene rings is 1.